The van der Waals surface area contributed by atoms with Crippen LogP contribution in [0.4, 0.5) is 5.69 Å². The van der Waals surface area contributed by atoms with Gasteiger partial charge in [-0.1, -0.05) is 72.8 Å². The number of aliphatic imine (C=N–C) groups is 1. The van der Waals surface area contributed by atoms with E-state index in [9.17, 15) is 4.79 Å². The Bertz CT molecular complexity index is 1510. The molecule has 0 aliphatic carbocycles. The number of hydrogen-bond acceptors (Lipinski definition) is 2. The molecule has 1 aromatic heterocycles. The van der Waals surface area contributed by atoms with Gasteiger partial charge in [-0.25, -0.2) is 4.79 Å². The van der Waals surface area contributed by atoms with Crippen molar-refractivity contribution in [3.05, 3.63) is 107 Å². The van der Waals surface area contributed by atoms with Crippen LogP contribution >= 0.6 is 0 Å². The number of imidazole rings is 1. The highest BCUT2D eigenvalue weighted by Crippen LogP contribution is 2.39. The van der Waals surface area contributed by atoms with Gasteiger partial charge in [-0.2, -0.15) is 0 Å². The lowest BCUT2D eigenvalue weighted by Crippen LogP contribution is -2.14. The highest BCUT2D eigenvalue weighted by atomic mass is 16.1. The Kier molecular flexibility index (Phi) is 3.59. The molecule has 4 nitrogen and oxygen atoms in total. The molecule has 142 valence electrons. The Morgan fingerprint density at radius 2 is 1.50 bits per heavy atom. The van der Waals surface area contributed by atoms with Gasteiger partial charge in [-0.05, 0) is 34.9 Å². The van der Waals surface area contributed by atoms with Crippen molar-refractivity contribution in [2.45, 2.75) is 0 Å². The SMILES string of the molecule is O=c1[nH]c2cccc3c2n1-c1cccc(-c2cccc(-c4ccccc4)c2)c1N=C3. The molecular formula is C26H17N3O. The normalized spacial score (nSPS) is 12.0. The van der Waals surface area contributed by atoms with E-state index >= 15 is 0 Å². The summed E-state index contributed by atoms with van der Waals surface area (Å²) in [5, 5.41) is 0. The van der Waals surface area contributed by atoms with Crippen molar-refractivity contribution >= 4 is 22.9 Å². The number of aromatic nitrogens is 2. The topological polar surface area (TPSA) is 50.1 Å². The van der Waals surface area contributed by atoms with Crippen LogP contribution < -0.4 is 5.69 Å². The Balaban J connectivity index is 1.60. The maximum absolute atomic E-state index is 12.8. The maximum Gasteiger partial charge on any atom is 0.331 e. The summed E-state index contributed by atoms with van der Waals surface area (Å²) in [6.45, 7) is 0. The highest BCUT2D eigenvalue weighted by molar-refractivity contribution is 6.02. The van der Waals surface area contributed by atoms with Crippen molar-refractivity contribution in [1.29, 1.82) is 0 Å². The maximum atomic E-state index is 12.8. The smallest absolute Gasteiger partial charge is 0.305 e. The first-order valence-corrected chi connectivity index (χ1v) is 9.87. The summed E-state index contributed by atoms with van der Waals surface area (Å²) in [4.78, 5) is 20.6. The molecule has 1 aliphatic rings. The van der Waals surface area contributed by atoms with Gasteiger partial charge in [0.15, 0.2) is 0 Å². The predicted octanol–water partition coefficient (Wildman–Crippen LogP) is 5.72. The molecule has 6 rings (SSSR count). The lowest BCUT2D eigenvalue weighted by molar-refractivity contribution is 1.02. The number of aromatic amines is 1. The molecule has 2 heterocycles. The summed E-state index contributed by atoms with van der Waals surface area (Å²) in [6.07, 6.45) is 1.85. The summed E-state index contributed by atoms with van der Waals surface area (Å²) in [5.74, 6) is 0. The lowest BCUT2D eigenvalue weighted by atomic mass is 9.97. The standard InChI is InChI=1S/C26H17N3O/c30-26-28-22-13-5-11-20-16-27-24-21(12-6-14-23(24)29(26)25(20)22)19-10-4-9-18(15-19)17-7-2-1-3-8-17/h1-16H,(H,28,30). The molecule has 4 heteroatoms. The summed E-state index contributed by atoms with van der Waals surface area (Å²) in [7, 11) is 0. The van der Waals surface area contributed by atoms with E-state index in [1.807, 2.05) is 54.7 Å². The first-order chi connectivity index (χ1) is 14.8. The average molecular weight is 387 g/mol. The van der Waals surface area contributed by atoms with Gasteiger partial charge in [0.25, 0.3) is 0 Å². The Labute approximate surface area is 172 Å². The molecule has 0 unspecified atom stereocenters. The molecule has 0 atom stereocenters. The third-order valence-corrected chi connectivity index (χ3v) is 5.60. The van der Waals surface area contributed by atoms with Crippen LogP contribution in [0.2, 0.25) is 0 Å². The van der Waals surface area contributed by atoms with Gasteiger partial charge in [0.2, 0.25) is 0 Å². The first-order valence-electron chi connectivity index (χ1n) is 9.87. The van der Waals surface area contributed by atoms with Gasteiger partial charge in [0, 0.05) is 17.3 Å². The summed E-state index contributed by atoms with van der Waals surface area (Å²) in [5.41, 5.74) is 8.40. The second-order valence-corrected chi connectivity index (χ2v) is 7.39. The molecule has 5 aromatic rings. The molecule has 0 bridgehead atoms. The van der Waals surface area contributed by atoms with E-state index in [1.165, 1.54) is 5.56 Å². The lowest BCUT2D eigenvalue weighted by Gasteiger charge is -2.12. The number of para-hydroxylation sites is 2. The van der Waals surface area contributed by atoms with Gasteiger partial charge < -0.3 is 4.98 Å². The molecule has 30 heavy (non-hydrogen) atoms. The summed E-state index contributed by atoms with van der Waals surface area (Å²) >= 11 is 0. The van der Waals surface area contributed by atoms with E-state index in [-0.39, 0.29) is 5.69 Å². The minimum atomic E-state index is -0.153. The Morgan fingerprint density at radius 3 is 2.40 bits per heavy atom. The van der Waals surface area contributed by atoms with Crippen LogP contribution in [0, 0.1) is 0 Å². The van der Waals surface area contributed by atoms with Crippen LogP contribution in [0.3, 0.4) is 0 Å². The second-order valence-electron chi connectivity index (χ2n) is 7.39. The van der Waals surface area contributed by atoms with Gasteiger partial charge >= 0.3 is 5.69 Å². The van der Waals surface area contributed by atoms with E-state index in [0.29, 0.717) is 0 Å². The summed E-state index contributed by atoms with van der Waals surface area (Å²) in [6, 6.07) is 30.6. The molecular weight excluding hydrogens is 370 g/mol. The molecule has 0 amide bonds. The largest absolute Gasteiger partial charge is 0.331 e. The molecule has 0 radical (unpaired) electrons. The zero-order chi connectivity index (χ0) is 20.1. The molecule has 4 aromatic carbocycles. The quantitative estimate of drug-likeness (QED) is 0.406. The number of H-pyrrole nitrogens is 1. The predicted molar refractivity (Wildman–Crippen MR) is 122 cm³/mol. The number of rotatable bonds is 2. The van der Waals surface area contributed by atoms with Crippen molar-refractivity contribution in [2.75, 3.05) is 0 Å². The average Bonchev–Trinajstić information content (AvgIpc) is 3.03. The Morgan fingerprint density at radius 1 is 0.733 bits per heavy atom. The van der Waals surface area contributed by atoms with Crippen molar-refractivity contribution in [2.24, 2.45) is 4.99 Å². The number of hydrogen-bond donors (Lipinski definition) is 1. The fourth-order valence-electron chi connectivity index (χ4n) is 4.23. The van der Waals surface area contributed by atoms with Crippen molar-refractivity contribution in [1.82, 2.24) is 9.55 Å². The van der Waals surface area contributed by atoms with Crippen molar-refractivity contribution in [3.8, 4) is 27.9 Å². The van der Waals surface area contributed by atoms with Gasteiger partial charge in [-0.3, -0.25) is 9.56 Å². The third kappa shape index (κ3) is 2.47. The molecule has 1 aliphatic heterocycles. The number of nitrogens with one attached hydrogen (secondary N) is 1. The van der Waals surface area contributed by atoms with Crippen LogP contribution in [0.5, 0.6) is 0 Å². The highest BCUT2D eigenvalue weighted by Gasteiger charge is 2.19. The molecule has 0 saturated carbocycles. The van der Waals surface area contributed by atoms with Gasteiger partial charge in [0.1, 0.15) is 0 Å². The van der Waals surface area contributed by atoms with E-state index < -0.39 is 0 Å². The summed E-state index contributed by atoms with van der Waals surface area (Å²) < 4.78 is 1.73. The molecule has 0 spiro atoms. The van der Waals surface area contributed by atoms with E-state index in [0.717, 1.165) is 44.7 Å². The van der Waals surface area contributed by atoms with Gasteiger partial charge in [0.05, 0.1) is 22.4 Å². The third-order valence-electron chi connectivity index (χ3n) is 5.60. The molecule has 0 fully saturated rings. The second kappa shape index (κ2) is 6.42. The van der Waals surface area contributed by atoms with E-state index in [4.69, 9.17) is 4.99 Å². The fraction of sp³-hybridized carbons (Fsp3) is 0. The van der Waals surface area contributed by atoms with E-state index in [1.54, 1.807) is 4.57 Å². The first kappa shape index (κ1) is 16.7. The number of fused-ring (bicyclic) bond motifs is 2. The van der Waals surface area contributed by atoms with Crippen LogP contribution in [-0.4, -0.2) is 15.8 Å². The minimum absolute atomic E-state index is 0.153. The van der Waals surface area contributed by atoms with Gasteiger partial charge in [-0.15, -0.1) is 0 Å². The number of benzene rings is 4. The Hall–Kier alpha value is -4.18. The molecule has 1 N–H and O–H groups in total. The van der Waals surface area contributed by atoms with Crippen LogP contribution in [0.15, 0.2) is 101 Å². The van der Waals surface area contributed by atoms with Crippen LogP contribution in [0.25, 0.3) is 39.0 Å². The zero-order valence-corrected chi connectivity index (χ0v) is 16.0. The zero-order valence-electron chi connectivity index (χ0n) is 16.0. The van der Waals surface area contributed by atoms with Crippen molar-refractivity contribution in [3.63, 3.8) is 0 Å². The fourth-order valence-corrected chi connectivity index (χ4v) is 4.23. The van der Waals surface area contributed by atoms with Crippen LogP contribution in [0.1, 0.15) is 5.56 Å². The molecule has 0 saturated heterocycles. The number of nitrogens with zero attached hydrogens (tertiary/aromatic N) is 2. The minimum Gasteiger partial charge on any atom is -0.305 e. The van der Waals surface area contributed by atoms with Crippen LogP contribution in [-0.2, 0) is 0 Å². The van der Waals surface area contributed by atoms with E-state index in [2.05, 4.69) is 47.4 Å². The monoisotopic (exact) mass is 387 g/mol. The van der Waals surface area contributed by atoms with Crippen molar-refractivity contribution < 1.29 is 0 Å².